The molecule has 0 bridgehead atoms. The molecule has 0 unspecified atom stereocenters. The third-order valence-electron chi connectivity index (χ3n) is 10.4. The van der Waals surface area contributed by atoms with Gasteiger partial charge >= 0.3 is 0 Å². The first-order chi connectivity index (χ1) is 24.3. The van der Waals surface area contributed by atoms with Gasteiger partial charge in [0.1, 0.15) is 16.0 Å². The Balaban J connectivity index is 1.24. The fourth-order valence-electron chi connectivity index (χ4n) is 8.40. The van der Waals surface area contributed by atoms with Crippen LogP contribution in [0.15, 0.2) is 144 Å². The number of benzene rings is 7. The highest BCUT2D eigenvalue weighted by Gasteiger charge is 2.27. The van der Waals surface area contributed by atoms with E-state index in [1.807, 2.05) is 12.1 Å². The van der Waals surface area contributed by atoms with Crippen LogP contribution < -0.4 is 0 Å². The molecule has 49 heavy (non-hydrogen) atoms. The van der Waals surface area contributed by atoms with Crippen LogP contribution in [0.4, 0.5) is 0 Å². The van der Waals surface area contributed by atoms with Crippen molar-refractivity contribution in [2.75, 3.05) is 0 Å². The van der Waals surface area contributed by atoms with E-state index in [-0.39, 0.29) is 0 Å². The molecule has 0 saturated carbocycles. The Bertz CT molecular complexity index is 3140. The first-order valence-electron chi connectivity index (χ1n) is 16.5. The van der Waals surface area contributed by atoms with Crippen LogP contribution in [-0.4, -0.2) is 14.5 Å². The molecular formula is C44H23N3OS. The Kier molecular flexibility index (Phi) is 4.83. The SMILES string of the molecule is c1cc2c3c(cccc3c1)-c1cccc3c1c1c-2cccc1n3-c1nc(-c2cccc3c2oc2ccccc23)c2c(n1)sc1ccccc12. The zero-order valence-electron chi connectivity index (χ0n) is 25.9. The van der Waals surface area contributed by atoms with Gasteiger partial charge in [0.25, 0.3) is 0 Å². The predicted octanol–water partition coefficient (Wildman–Crippen LogP) is 12.3. The number of thiophene rings is 1. The van der Waals surface area contributed by atoms with Crippen LogP contribution in [0, 0.1) is 0 Å². The lowest BCUT2D eigenvalue weighted by atomic mass is 9.93. The maximum Gasteiger partial charge on any atom is 0.236 e. The van der Waals surface area contributed by atoms with Gasteiger partial charge in [-0.15, -0.1) is 11.3 Å². The van der Waals surface area contributed by atoms with E-state index < -0.39 is 0 Å². The van der Waals surface area contributed by atoms with Gasteiger partial charge in [-0.05, 0) is 63.4 Å². The summed E-state index contributed by atoms with van der Waals surface area (Å²) in [6.45, 7) is 0. The molecule has 12 rings (SSSR count). The minimum Gasteiger partial charge on any atom is -0.455 e. The summed E-state index contributed by atoms with van der Waals surface area (Å²) in [5.74, 6) is 0.656. The first-order valence-corrected chi connectivity index (χ1v) is 17.3. The van der Waals surface area contributed by atoms with E-state index in [1.165, 1.54) is 48.5 Å². The number of fused-ring (bicyclic) bond motifs is 8. The monoisotopic (exact) mass is 641 g/mol. The molecule has 226 valence electrons. The van der Waals surface area contributed by atoms with Crippen molar-refractivity contribution in [3.05, 3.63) is 140 Å². The summed E-state index contributed by atoms with van der Waals surface area (Å²) in [6.07, 6.45) is 0. The molecule has 0 atom stereocenters. The molecule has 0 radical (unpaired) electrons. The lowest BCUT2D eigenvalue weighted by Crippen LogP contribution is -2.03. The number of nitrogens with zero attached hydrogens (tertiary/aromatic N) is 3. The highest BCUT2D eigenvalue weighted by atomic mass is 32.1. The summed E-state index contributed by atoms with van der Waals surface area (Å²) in [4.78, 5) is 11.9. The molecule has 0 amide bonds. The molecule has 0 saturated heterocycles. The third-order valence-corrected chi connectivity index (χ3v) is 11.5. The van der Waals surface area contributed by atoms with Crippen LogP contribution in [0.3, 0.4) is 0 Å². The Morgan fingerprint density at radius 1 is 0.469 bits per heavy atom. The number of furan rings is 1. The molecule has 4 nitrogen and oxygen atoms in total. The van der Waals surface area contributed by atoms with Crippen LogP contribution in [-0.2, 0) is 0 Å². The van der Waals surface area contributed by atoms with Crippen molar-refractivity contribution in [2.24, 2.45) is 0 Å². The molecule has 5 heteroatoms. The number of para-hydroxylation sites is 2. The van der Waals surface area contributed by atoms with E-state index in [0.717, 1.165) is 59.8 Å². The minimum absolute atomic E-state index is 0.656. The van der Waals surface area contributed by atoms with Gasteiger partial charge in [0.05, 0.1) is 16.7 Å². The van der Waals surface area contributed by atoms with Gasteiger partial charge in [-0.25, -0.2) is 9.97 Å². The second kappa shape index (κ2) is 9.19. The topological polar surface area (TPSA) is 43.9 Å². The van der Waals surface area contributed by atoms with E-state index >= 15 is 0 Å². The van der Waals surface area contributed by atoms with Crippen molar-refractivity contribution < 1.29 is 4.42 Å². The molecule has 0 N–H and O–H groups in total. The maximum atomic E-state index is 6.60. The highest BCUT2D eigenvalue weighted by Crippen LogP contribution is 2.50. The fraction of sp³-hybridized carbons (Fsp3) is 0. The average molecular weight is 642 g/mol. The lowest BCUT2D eigenvalue weighted by Gasteiger charge is -2.13. The predicted molar refractivity (Wildman–Crippen MR) is 204 cm³/mol. The number of hydrogen-bond donors (Lipinski definition) is 0. The lowest BCUT2D eigenvalue weighted by molar-refractivity contribution is 0.670. The zero-order chi connectivity index (χ0) is 31.8. The van der Waals surface area contributed by atoms with E-state index in [2.05, 4.69) is 132 Å². The average Bonchev–Trinajstić information content (AvgIpc) is 3.81. The van der Waals surface area contributed by atoms with Crippen LogP contribution in [0.5, 0.6) is 0 Å². The van der Waals surface area contributed by atoms with E-state index in [4.69, 9.17) is 14.4 Å². The summed E-state index contributed by atoms with van der Waals surface area (Å²) >= 11 is 1.72. The highest BCUT2D eigenvalue weighted by molar-refractivity contribution is 7.25. The van der Waals surface area contributed by atoms with Crippen LogP contribution in [0.2, 0.25) is 0 Å². The second-order valence-corrected chi connectivity index (χ2v) is 13.9. The molecule has 0 spiro atoms. The Hall–Kier alpha value is -6.30. The maximum absolute atomic E-state index is 6.60. The smallest absolute Gasteiger partial charge is 0.236 e. The van der Waals surface area contributed by atoms with Gasteiger partial charge < -0.3 is 4.42 Å². The van der Waals surface area contributed by atoms with E-state index in [1.54, 1.807) is 11.3 Å². The normalized spacial score (nSPS) is 12.5. The summed E-state index contributed by atoms with van der Waals surface area (Å²) < 4.78 is 10.1. The Labute approximate surface area is 283 Å². The standard InChI is InChI=1S/C44H23N3OS/c1-3-22-35-25(12-1)30-18-7-19-32(42(30)48-35)41-40-31-13-2-4-23-36(31)49-43(40)46-44(45-41)47-33-20-8-16-28-26-14-5-10-24-11-6-15-27(37(24)26)29-17-9-21-34(47)39(29)38(28)33/h1-23H. The zero-order valence-corrected chi connectivity index (χ0v) is 26.8. The van der Waals surface area contributed by atoms with Gasteiger partial charge in [-0.2, -0.15) is 0 Å². The summed E-state index contributed by atoms with van der Waals surface area (Å²) in [7, 11) is 0. The van der Waals surface area contributed by atoms with Crippen molar-refractivity contribution in [1.29, 1.82) is 0 Å². The third kappa shape index (κ3) is 3.27. The van der Waals surface area contributed by atoms with E-state index in [9.17, 15) is 0 Å². The number of rotatable bonds is 2. The van der Waals surface area contributed by atoms with Gasteiger partial charge in [0.15, 0.2) is 0 Å². The quantitative estimate of drug-likeness (QED) is 0.189. The van der Waals surface area contributed by atoms with Gasteiger partial charge in [0, 0.05) is 42.6 Å². The van der Waals surface area contributed by atoms with Crippen molar-refractivity contribution in [1.82, 2.24) is 14.5 Å². The molecule has 0 fully saturated rings. The van der Waals surface area contributed by atoms with Gasteiger partial charge in [-0.1, -0.05) is 109 Å². The molecule has 1 aliphatic rings. The summed E-state index contributed by atoms with van der Waals surface area (Å²) in [6, 6.07) is 49.8. The summed E-state index contributed by atoms with van der Waals surface area (Å²) in [5, 5.41) is 9.43. The Morgan fingerprint density at radius 3 is 1.82 bits per heavy atom. The van der Waals surface area contributed by atoms with Crippen LogP contribution in [0.1, 0.15) is 0 Å². The first kappa shape index (κ1) is 25.7. The van der Waals surface area contributed by atoms with Crippen LogP contribution in [0.25, 0.3) is 114 Å². The Morgan fingerprint density at radius 2 is 1.06 bits per heavy atom. The van der Waals surface area contributed by atoms with Crippen molar-refractivity contribution in [3.8, 4) is 39.5 Å². The van der Waals surface area contributed by atoms with Crippen LogP contribution >= 0.6 is 11.3 Å². The molecular weight excluding hydrogens is 619 g/mol. The minimum atomic E-state index is 0.656. The molecule has 11 aromatic rings. The molecule has 1 aliphatic carbocycles. The largest absolute Gasteiger partial charge is 0.455 e. The van der Waals surface area contributed by atoms with Crippen molar-refractivity contribution >= 4 is 86.2 Å². The second-order valence-electron chi connectivity index (χ2n) is 12.9. The van der Waals surface area contributed by atoms with Crippen molar-refractivity contribution in [3.63, 3.8) is 0 Å². The molecule has 4 aromatic heterocycles. The fourth-order valence-corrected chi connectivity index (χ4v) is 9.47. The molecule has 7 aromatic carbocycles. The number of aromatic nitrogens is 3. The van der Waals surface area contributed by atoms with Gasteiger partial charge in [-0.3, -0.25) is 4.57 Å². The van der Waals surface area contributed by atoms with Gasteiger partial charge in [0.2, 0.25) is 5.95 Å². The van der Waals surface area contributed by atoms with Crippen molar-refractivity contribution in [2.45, 2.75) is 0 Å². The number of hydrogen-bond acceptors (Lipinski definition) is 4. The van der Waals surface area contributed by atoms with E-state index in [0.29, 0.717) is 5.95 Å². The molecule has 4 heterocycles. The molecule has 0 aliphatic heterocycles. The summed E-state index contributed by atoms with van der Waals surface area (Å²) in [5.41, 5.74) is 10.7.